The maximum Gasteiger partial charge on any atom is 0.209 e. The maximum absolute atomic E-state index is 12.3. The van der Waals surface area contributed by atoms with Crippen LogP contribution < -0.4 is 5.43 Å². The van der Waals surface area contributed by atoms with Crippen molar-refractivity contribution >= 4 is 22.7 Å². The Kier molecular flexibility index (Phi) is 4.11. The molecule has 124 valence electrons. The predicted octanol–water partition coefficient (Wildman–Crippen LogP) is 3.91. The largest absolute Gasteiger partial charge is 0.357 e. The molecule has 0 saturated heterocycles. The first-order chi connectivity index (χ1) is 12.2. The van der Waals surface area contributed by atoms with Crippen molar-refractivity contribution in [1.29, 1.82) is 0 Å². The summed E-state index contributed by atoms with van der Waals surface area (Å²) in [6.07, 6.45) is 0. The van der Waals surface area contributed by atoms with Crippen molar-refractivity contribution in [3.63, 3.8) is 0 Å². The first-order valence-corrected chi connectivity index (χ1v) is 8.91. The minimum atomic E-state index is 0.0352. The number of H-pyrrole nitrogens is 2. The van der Waals surface area contributed by atoms with Gasteiger partial charge in [0, 0.05) is 28.5 Å². The second-order valence-corrected chi connectivity index (χ2v) is 6.72. The van der Waals surface area contributed by atoms with E-state index in [1.807, 2.05) is 55.5 Å². The molecule has 0 saturated carbocycles. The van der Waals surface area contributed by atoms with Crippen LogP contribution in [0.3, 0.4) is 0 Å². The zero-order valence-electron chi connectivity index (χ0n) is 13.6. The monoisotopic (exact) mass is 348 g/mol. The number of hydrogen-bond donors (Lipinski definition) is 2. The molecule has 0 aliphatic carbocycles. The summed E-state index contributed by atoms with van der Waals surface area (Å²) >= 11 is 1.49. The molecule has 0 atom stereocenters. The van der Waals surface area contributed by atoms with E-state index < -0.39 is 0 Å². The van der Waals surface area contributed by atoms with Gasteiger partial charge in [-0.25, -0.2) is 4.98 Å². The Labute approximate surface area is 148 Å². The Morgan fingerprint density at radius 2 is 1.92 bits per heavy atom. The predicted molar refractivity (Wildman–Crippen MR) is 101 cm³/mol. The van der Waals surface area contributed by atoms with E-state index in [4.69, 9.17) is 0 Å². The van der Waals surface area contributed by atoms with E-state index in [0.717, 1.165) is 33.5 Å². The van der Waals surface area contributed by atoms with Gasteiger partial charge in [-0.2, -0.15) is 0 Å². The average Bonchev–Trinajstić information content (AvgIpc) is 3.11. The average molecular weight is 348 g/mol. The fraction of sp³-hybridized carbons (Fsp3) is 0.105. The van der Waals surface area contributed by atoms with E-state index in [0.29, 0.717) is 10.9 Å². The zero-order valence-corrected chi connectivity index (χ0v) is 14.4. The van der Waals surface area contributed by atoms with Crippen LogP contribution in [0.15, 0.2) is 64.5 Å². The lowest BCUT2D eigenvalue weighted by Crippen LogP contribution is -2.05. The molecule has 2 N–H and O–H groups in total. The molecule has 0 aliphatic rings. The molecule has 2 heterocycles. The normalized spacial score (nSPS) is 11.1. The Bertz CT molecular complexity index is 1090. The van der Waals surface area contributed by atoms with E-state index in [2.05, 4.69) is 20.2 Å². The maximum atomic E-state index is 12.3. The van der Waals surface area contributed by atoms with Crippen molar-refractivity contribution in [2.24, 2.45) is 0 Å². The third kappa shape index (κ3) is 3.21. The zero-order chi connectivity index (χ0) is 17.2. The first-order valence-electron chi connectivity index (χ1n) is 7.93. The van der Waals surface area contributed by atoms with E-state index in [-0.39, 0.29) is 5.43 Å². The standard InChI is InChI=1S/C19H16N4OS/c1-12-6-5-9-15-16(24)10-14(20-17(12)15)11-25-19-21-18(22-23-19)13-7-3-2-4-8-13/h2-10H,11H2,1H3,(H,20,24)(H,21,22,23). The smallest absolute Gasteiger partial charge is 0.209 e. The highest BCUT2D eigenvalue weighted by Crippen LogP contribution is 2.22. The lowest BCUT2D eigenvalue weighted by molar-refractivity contribution is 0.972. The number of benzene rings is 2. The van der Waals surface area contributed by atoms with Crippen LogP contribution in [0.25, 0.3) is 22.3 Å². The van der Waals surface area contributed by atoms with Crippen LogP contribution in [0.2, 0.25) is 0 Å². The van der Waals surface area contributed by atoms with Crippen molar-refractivity contribution in [2.75, 3.05) is 0 Å². The number of hydrogen-bond acceptors (Lipinski definition) is 4. The number of aryl methyl sites for hydroxylation is 1. The summed E-state index contributed by atoms with van der Waals surface area (Å²) < 4.78 is 0. The fourth-order valence-corrected chi connectivity index (χ4v) is 3.43. The Hall–Kier alpha value is -2.86. The molecule has 0 spiro atoms. The van der Waals surface area contributed by atoms with Gasteiger partial charge in [0.15, 0.2) is 11.3 Å². The van der Waals surface area contributed by atoms with Crippen molar-refractivity contribution in [1.82, 2.24) is 20.2 Å². The molecule has 2 aromatic heterocycles. The number of para-hydroxylation sites is 1. The highest BCUT2D eigenvalue weighted by atomic mass is 32.2. The van der Waals surface area contributed by atoms with Gasteiger partial charge in [0.1, 0.15) is 0 Å². The first kappa shape index (κ1) is 15.7. The van der Waals surface area contributed by atoms with Gasteiger partial charge in [-0.05, 0) is 18.6 Å². The number of rotatable bonds is 4. The van der Waals surface area contributed by atoms with E-state index in [1.165, 1.54) is 11.8 Å². The van der Waals surface area contributed by atoms with Gasteiger partial charge < -0.3 is 4.98 Å². The van der Waals surface area contributed by atoms with Crippen molar-refractivity contribution in [3.8, 4) is 11.4 Å². The number of fused-ring (bicyclic) bond motifs is 1. The molecule has 2 aromatic carbocycles. The molecule has 5 nitrogen and oxygen atoms in total. The van der Waals surface area contributed by atoms with Gasteiger partial charge in [0.2, 0.25) is 5.16 Å². The second kappa shape index (κ2) is 6.57. The molecule has 4 aromatic rings. The molecule has 0 bridgehead atoms. The van der Waals surface area contributed by atoms with Crippen LogP contribution in [-0.2, 0) is 5.75 Å². The van der Waals surface area contributed by atoms with Crippen molar-refractivity contribution in [2.45, 2.75) is 17.8 Å². The van der Waals surface area contributed by atoms with Crippen LogP contribution in [0.4, 0.5) is 0 Å². The molecule has 25 heavy (non-hydrogen) atoms. The van der Waals surface area contributed by atoms with Crippen molar-refractivity contribution in [3.05, 3.63) is 76.1 Å². The lowest BCUT2D eigenvalue weighted by Gasteiger charge is -2.05. The number of aromatic amines is 2. The fourth-order valence-electron chi connectivity index (χ4n) is 2.73. The number of thioether (sulfide) groups is 1. The Morgan fingerprint density at radius 3 is 2.76 bits per heavy atom. The quantitative estimate of drug-likeness (QED) is 0.548. The van der Waals surface area contributed by atoms with E-state index >= 15 is 0 Å². The Morgan fingerprint density at radius 1 is 1.08 bits per heavy atom. The van der Waals surface area contributed by atoms with Crippen LogP contribution in [0.5, 0.6) is 0 Å². The summed E-state index contributed by atoms with van der Waals surface area (Å²) in [5.74, 6) is 1.34. The minimum Gasteiger partial charge on any atom is -0.357 e. The summed E-state index contributed by atoms with van der Waals surface area (Å²) in [6, 6.07) is 17.3. The lowest BCUT2D eigenvalue weighted by atomic mass is 10.1. The van der Waals surface area contributed by atoms with Gasteiger partial charge in [0.05, 0.1) is 5.52 Å². The topological polar surface area (TPSA) is 74.4 Å². The summed E-state index contributed by atoms with van der Waals surface area (Å²) in [4.78, 5) is 20.1. The highest BCUT2D eigenvalue weighted by Gasteiger charge is 2.08. The second-order valence-electron chi connectivity index (χ2n) is 5.78. The minimum absolute atomic E-state index is 0.0352. The SMILES string of the molecule is Cc1cccc2c(=O)cc(CSc3n[nH]c(-c4ccccc4)n3)[nH]c12. The van der Waals surface area contributed by atoms with Gasteiger partial charge in [-0.15, -0.1) is 5.10 Å². The summed E-state index contributed by atoms with van der Waals surface area (Å²) in [7, 11) is 0. The van der Waals surface area contributed by atoms with E-state index in [9.17, 15) is 4.79 Å². The van der Waals surface area contributed by atoms with Crippen LogP contribution >= 0.6 is 11.8 Å². The molecule has 0 amide bonds. The molecule has 0 aliphatic heterocycles. The number of nitrogens with one attached hydrogen (secondary N) is 2. The van der Waals surface area contributed by atoms with Crippen LogP contribution in [-0.4, -0.2) is 20.2 Å². The van der Waals surface area contributed by atoms with E-state index in [1.54, 1.807) is 6.07 Å². The molecule has 0 unspecified atom stereocenters. The van der Waals surface area contributed by atoms with Gasteiger partial charge in [0.25, 0.3) is 0 Å². The highest BCUT2D eigenvalue weighted by molar-refractivity contribution is 7.98. The number of nitrogens with zero attached hydrogens (tertiary/aromatic N) is 2. The molecule has 0 fully saturated rings. The molecule has 0 radical (unpaired) electrons. The van der Waals surface area contributed by atoms with Gasteiger partial charge >= 0.3 is 0 Å². The molecular weight excluding hydrogens is 332 g/mol. The summed E-state index contributed by atoms with van der Waals surface area (Å²) in [5, 5.41) is 8.58. The number of pyridine rings is 1. The summed E-state index contributed by atoms with van der Waals surface area (Å²) in [6.45, 7) is 2.00. The van der Waals surface area contributed by atoms with Crippen LogP contribution in [0, 0.1) is 6.92 Å². The summed E-state index contributed by atoms with van der Waals surface area (Å²) in [5.41, 5.74) is 3.85. The molecule has 6 heteroatoms. The Balaban J connectivity index is 1.56. The number of aromatic nitrogens is 4. The van der Waals surface area contributed by atoms with Crippen molar-refractivity contribution < 1.29 is 0 Å². The van der Waals surface area contributed by atoms with Gasteiger partial charge in [-0.3, -0.25) is 9.89 Å². The third-order valence-corrected chi connectivity index (χ3v) is 4.89. The van der Waals surface area contributed by atoms with Crippen LogP contribution in [0.1, 0.15) is 11.3 Å². The molecular formula is C19H16N4OS. The van der Waals surface area contributed by atoms with Gasteiger partial charge in [-0.1, -0.05) is 54.2 Å². The molecule has 4 rings (SSSR count). The third-order valence-electron chi connectivity index (χ3n) is 4.00.